The molecule has 2 aromatic carbocycles. The van der Waals surface area contributed by atoms with E-state index in [4.69, 9.17) is 25.8 Å². The number of carbonyl (C=O) groups is 2. The van der Waals surface area contributed by atoms with E-state index in [0.717, 1.165) is 11.1 Å². The number of methoxy groups -OCH3 is 2. The normalized spacial score (nSPS) is 10.2. The van der Waals surface area contributed by atoms with Crippen molar-refractivity contribution in [2.24, 2.45) is 0 Å². The van der Waals surface area contributed by atoms with E-state index in [9.17, 15) is 9.59 Å². The van der Waals surface area contributed by atoms with E-state index >= 15 is 0 Å². The van der Waals surface area contributed by atoms with Crippen LogP contribution in [0.25, 0.3) is 0 Å². The van der Waals surface area contributed by atoms with Gasteiger partial charge in [-0.2, -0.15) is 0 Å². The van der Waals surface area contributed by atoms with Gasteiger partial charge in [0.25, 0.3) is 5.91 Å². The van der Waals surface area contributed by atoms with Crippen LogP contribution in [0.2, 0.25) is 5.02 Å². The van der Waals surface area contributed by atoms with Gasteiger partial charge < -0.3 is 19.5 Å². The molecule has 6 nitrogen and oxygen atoms in total. The van der Waals surface area contributed by atoms with Crippen molar-refractivity contribution < 1.29 is 23.8 Å². The number of amides is 1. The summed E-state index contributed by atoms with van der Waals surface area (Å²) in [5, 5.41) is 2.90. The molecule has 7 heteroatoms. The second-order valence-corrected chi connectivity index (χ2v) is 6.10. The zero-order valence-corrected chi connectivity index (χ0v) is 15.8. The number of rotatable bonds is 6. The number of benzene rings is 2. The number of esters is 1. The summed E-state index contributed by atoms with van der Waals surface area (Å²) in [5.41, 5.74) is 2.86. The summed E-state index contributed by atoms with van der Waals surface area (Å²) in [6.07, 6.45) is 0. The minimum Gasteiger partial charge on any atom is -0.493 e. The monoisotopic (exact) mass is 377 g/mol. The molecule has 0 atom stereocenters. The molecule has 0 aliphatic rings. The van der Waals surface area contributed by atoms with Gasteiger partial charge in [0.15, 0.2) is 18.1 Å². The van der Waals surface area contributed by atoms with Crippen LogP contribution < -0.4 is 14.8 Å². The molecule has 1 N–H and O–H groups in total. The fourth-order valence-electron chi connectivity index (χ4n) is 2.49. The molecule has 0 saturated carbocycles. The number of carbonyl (C=O) groups excluding carboxylic acids is 2. The molecule has 2 aromatic rings. The molecule has 0 aliphatic carbocycles. The Morgan fingerprint density at radius 1 is 1.00 bits per heavy atom. The van der Waals surface area contributed by atoms with Crippen LogP contribution in [0.3, 0.4) is 0 Å². The van der Waals surface area contributed by atoms with Crippen LogP contribution in [0.15, 0.2) is 30.3 Å². The third kappa shape index (κ3) is 4.89. The average Bonchev–Trinajstić information content (AvgIpc) is 2.57. The SMILES string of the molecule is COc1cc(C(=O)OCC(=O)Nc2cc(C)cc(C)c2)cc(Cl)c1OC. The molecular formula is C19H20ClNO5. The number of hydrogen-bond acceptors (Lipinski definition) is 5. The Morgan fingerprint density at radius 3 is 2.23 bits per heavy atom. The molecule has 0 unspecified atom stereocenters. The first-order valence-electron chi connectivity index (χ1n) is 7.81. The van der Waals surface area contributed by atoms with Crippen molar-refractivity contribution in [1.29, 1.82) is 0 Å². The van der Waals surface area contributed by atoms with Crippen LogP contribution in [-0.2, 0) is 9.53 Å². The third-order valence-corrected chi connectivity index (χ3v) is 3.79. The predicted octanol–water partition coefficient (Wildman–Crippen LogP) is 3.77. The summed E-state index contributed by atoms with van der Waals surface area (Å²) >= 11 is 6.07. The van der Waals surface area contributed by atoms with E-state index in [-0.39, 0.29) is 10.6 Å². The second-order valence-electron chi connectivity index (χ2n) is 5.69. The molecule has 0 radical (unpaired) electrons. The summed E-state index contributed by atoms with van der Waals surface area (Å²) in [4.78, 5) is 24.2. The van der Waals surface area contributed by atoms with Crippen molar-refractivity contribution in [2.75, 3.05) is 26.1 Å². The van der Waals surface area contributed by atoms with Crippen LogP contribution in [0, 0.1) is 13.8 Å². The van der Waals surface area contributed by atoms with Gasteiger partial charge in [0, 0.05) is 5.69 Å². The maximum atomic E-state index is 12.2. The molecule has 0 aromatic heterocycles. The van der Waals surface area contributed by atoms with E-state index in [0.29, 0.717) is 17.2 Å². The Kier molecular flexibility index (Phi) is 6.46. The zero-order valence-electron chi connectivity index (χ0n) is 15.0. The van der Waals surface area contributed by atoms with Crippen molar-refractivity contribution in [2.45, 2.75) is 13.8 Å². The molecule has 1 amide bonds. The number of anilines is 1. The highest BCUT2D eigenvalue weighted by Gasteiger charge is 2.17. The molecule has 138 valence electrons. The highest BCUT2D eigenvalue weighted by Crippen LogP contribution is 2.36. The molecule has 0 saturated heterocycles. The van der Waals surface area contributed by atoms with Crippen LogP contribution in [0.1, 0.15) is 21.5 Å². The van der Waals surface area contributed by atoms with Crippen molar-refractivity contribution in [3.63, 3.8) is 0 Å². The van der Waals surface area contributed by atoms with Crippen molar-refractivity contribution in [1.82, 2.24) is 0 Å². The fourth-order valence-corrected chi connectivity index (χ4v) is 2.78. The van der Waals surface area contributed by atoms with Crippen molar-refractivity contribution >= 4 is 29.2 Å². The second kappa shape index (κ2) is 8.58. The first-order chi connectivity index (χ1) is 12.3. The summed E-state index contributed by atoms with van der Waals surface area (Å²) < 4.78 is 15.3. The number of aryl methyl sites for hydroxylation is 2. The molecule has 26 heavy (non-hydrogen) atoms. The number of halogens is 1. The highest BCUT2D eigenvalue weighted by atomic mass is 35.5. The van der Waals surface area contributed by atoms with E-state index in [1.54, 1.807) is 0 Å². The summed E-state index contributed by atoms with van der Waals surface area (Å²) in [7, 11) is 2.87. The first kappa shape index (κ1) is 19.6. The average molecular weight is 378 g/mol. The van der Waals surface area contributed by atoms with Gasteiger partial charge in [0.2, 0.25) is 0 Å². The van der Waals surface area contributed by atoms with Gasteiger partial charge in [-0.05, 0) is 49.2 Å². The fraction of sp³-hybridized carbons (Fsp3) is 0.263. The number of ether oxygens (including phenoxy) is 3. The Hall–Kier alpha value is -2.73. The minimum absolute atomic E-state index is 0.159. The topological polar surface area (TPSA) is 73.9 Å². The first-order valence-corrected chi connectivity index (χ1v) is 8.18. The van der Waals surface area contributed by atoms with Gasteiger partial charge in [-0.25, -0.2) is 4.79 Å². The Balaban J connectivity index is 2.02. The van der Waals surface area contributed by atoms with Gasteiger partial charge in [-0.15, -0.1) is 0 Å². The minimum atomic E-state index is -0.691. The maximum absolute atomic E-state index is 12.2. The standard InChI is InChI=1S/C19H20ClNO5/c1-11-5-12(2)7-14(6-11)21-17(22)10-26-19(23)13-8-15(20)18(25-4)16(9-13)24-3/h5-9H,10H2,1-4H3,(H,21,22). The van der Waals surface area contributed by atoms with Crippen molar-refractivity contribution in [3.8, 4) is 11.5 Å². The molecule has 0 bridgehead atoms. The van der Waals surface area contributed by atoms with E-state index in [1.165, 1.54) is 26.4 Å². The van der Waals surface area contributed by atoms with Gasteiger partial charge in [0.1, 0.15) is 0 Å². The smallest absolute Gasteiger partial charge is 0.338 e. The maximum Gasteiger partial charge on any atom is 0.338 e. The number of nitrogens with one attached hydrogen (secondary N) is 1. The quantitative estimate of drug-likeness (QED) is 0.776. The lowest BCUT2D eigenvalue weighted by molar-refractivity contribution is -0.119. The van der Waals surface area contributed by atoms with Crippen LogP contribution in [0.5, 0.6) is 11.5 Å². The molecular weight excluding hydrogens is 358 g/mol. The van der Waals surface area contributed by atoms with Gasteiger partial charge in [0.05, 0.1) is 24.8 Å². The summed E-state index contributed by atoms with van der Waals surface area (Å²) in [6, 6.07) is 8.50. The Morgan fingerprint density at radius 2 is 1.65 bits per heavy atom. The molecule has 2 rings (SSSR count). The third-order valence-electron chi connectivity index (χ3n) is 3.51. The molecule has 0 fully saturated rings. The predicted molar refractivity (Wildman–Crippen MR) is 99.4 cm³/mol. The molecule has 0 aliphatic heterocycles. The largest absolute Gasteiger partial charge is 0.493 e. The van der Waals surface area contributed by atoms with E-state index in [2.05, 4.69) is 5.32 Å². The van der Waals surface area contributed by atoms with E-state index < -0.39 is 18.5 Å². The highest BCUT2D eigenvalue weighted by molar-refractivity contribution is 6.32. The summed E-state index contributed by atoms with van der Waals surface area (Å²) in [5.74, 6) is -0.511. The lowest BCUT2D eigenvalue weighted by Gasteiger charge is -2.12. The van der Waals surface area contributed by atoms with Gasteiger partial charge >= 0.3 is 5.97 Å². The van der Waals surface area contributed by atoms with Gasteiger partial charge in [-0.3, -0.25) is 4.79 Å². The van der Waals surface area contributed by atoms with Crippen LogP contribution in [0.4, 0.5) is 5.69 Å². The van der Waals surface area contributed by atoms with Crippen LogP contribution >= 0.6 is 11.6 Å². The Bertz CT molecular complexity index is 815. The lowest BCUT2D eigenvalue weighted by atomic mass is 10.1. The van der Waals surface area contributed by atoms with Crippen LogP contribution in [-0.4, -0.2) is 32.7 Å². The van der Waals surface area contributed by atoms with E-state index in [1.807, 2.05) is 32.0 Å². The zero-order chi connectivity index (χ0) is 19.3. The molecule has 0 heterocycles. The Labute approximate surface area is 157 Å². The number of hydrogen-bond donors (Lipinski definition) is 1. The lowest BCUT2D eigenvalue weighted by Crippen LogP contribution is -2.21. The molecule has 0 spiro atoms. The van der Waals surface area contributed by atoms with Gasteiger partial charge in [-0.1, -0.05) is 17.7 Å². The van der Waals surface area contributed by atoms with Crippen molar-refractivity contribution in [3.05, 3.63) is 52.0 Å². The summed E-state index contributed by atoms with van der Waals surface area (Å²) in [6.45, 7) is 3.45.